The summed E-state index contributed by atoms with van der Waals surface area (Å²) in [6.07, 6.45) is 2.81. The van der Waals surface area contributed by atoms with Gasteiger partial charge in [0.05, 0.1) is 10.5 Å². The van der Waals surface area contributed by atoms with E-state index in [1.54, 1.807) is 24.3 Å². The summed E-state index contributed by atoms with van der Waals surface area (Å²) in [5.41, 5.74) is 1.01. The van der Waals surface area contributed by atoms with E-state index in [0.29, 0.717) is 19.4 Å². The summed E-state index contributed by atoms with van der Waals surface area (Å²) < 4.78 is 40.6. The summed E-state index contributed by atoms with van der Waals surface area (Å²) in [6.45, 7) is 0.930. The molecule has 2 aromatic carbocycles. The maximum Gasteiger partial charge on any atom is 0.244 e. The normalized spacial score (nSPS) is 17.8. The van der Waals surface area contributed by atoms with Crippen molar-refractivity contribution in [1.82, 2.24) is 9.21 Å². The second kappa shape index (κ2) is 8.77. The van der Waals surface area contributed by atoms with Gasteiger partial charge in [-0.2, -0.15) is 9.57 Å². The average Bonchev–Trinajstić information content (AvgIpc) is 3.63. The lowest BCUT2D eigenvalue weighted by Crippen LogP contribution is -2.45. The minimum absolute atomic E-state index is 0.0122. The number of nitriles is 1. The fourth-order valence-electron chi connectivity index (χ4n) is 4.06. The first kappa shape index (κ1) is 21.5. The van der Waals surface area contributed by atoms with Crippen molar-refractivity contribution in [3.05, 3.63) is 65.5 Å². The Labute approximate surface area is 181 Å². The van der Waals surface area contributed by atoms with Crippen molar-refractivity contribution >= 4 is 15.9 Å². The van der Waals surface area contributed by atoms with E-state index in [1.807, 2.05) is 11.0 Å². The third-order valence-electron chi connectivity index (χ3n) is 5.97. The zero-order valence-corrected chi connectivity index (χ0v) is 17.9. The van der Waals surface area contributed by atoms with E-state index in [4.69, 9.17) is 0 Å². The molecule has 0 atom stereocenters. The molecule has 1 aliphatic carbocycles. The molecule has 2 fully saturated rings. The van der Waals surface area contributed by atoms with Gasteiger partial charge in [-0.05, 0) is 55.5 Å². The Morgan fingerprint density at radius 2 is 1.71 bits per heavy atom. The van der Waals surface area contributed by atoms with Gasteiger partial charge < -0.3 is 4.90 Å². The van der Waals surface area contributed by atoms with Crippen LogP contribution in [0.25, 0.3) is 0 Å². The highest BCUT2D eigenvalue weighted by Crippen LogP contribution is 2.33. The molecule has 162 valence electrons. The van der Waals surface area contributed by atoms with Crippen LogP contribution in [0.5, 0.6) is 0 Å². The quantitative estimate of drug-likeness (QED) is 0.689. The number of sulfonamides is 1. The number of hydrogen-bond donors (Lipinski definition) is 0. The Balaban J connectivity index is 1.43. The second-order valence-corrected chi connectivity index (χ2v) is 10.0. The highest BCUT2D eigenvalue weighted by molar-refractivity contribution is 7.89. The molecule has 2 aliphatic rings. The molecule has 1 heterocycles. The maximum atomic E-state index is 13.2. The summed E-state index contributed by atoms with van der Waals surface area (Å²) in [7, 11) is -3.78. The van der Waals surface area contributed by atoms with E-state index in [1.165, 1.54) is 28.6 Å². The summed E-state index contributed by atoms with van der Waals surface area (Å²) in [5.74, 6) is -0.500. The molecule has 0 bridgehead atoms. The van der Waals surface area contributed by atoms with Crippen LogP contribution in [0.15, 0.2) is 53.4 Å². The largest absolute Gasteiger partial charge is 0.335 e. The fourth-order valence-corrected chi connectivity index (χ4v) is 5.67. The number of nitrogens with zero attached hydrogens (tertiary/aromatic N) is 3. The number of piperidine rings is 1. The zero-order valence-electron chi connectivity index (χ0n) is 17.1. The van der Waals surface area contributed by atoms with Crippen LogP contribution >= 0.6 is 0 Å². The summed E-state index contributed by atoms with van der Waals surface area (Å²) in [6, 6.07) is 14.5. The molecule has 8 heteroatoms. The van der Waals surface area contributed by atoms with Crippen LogP contribution in [0.4, 0.5) is 4.39 Å². The standard InChI is InChI=1S/C23H24FN3O3S/c24-20-7-5-17(6-8-20)16-27(21-9-10-21)23(28)18-11-13-26(14-12-18)31(29,30)22-4-2-1-3-19(22)15-25/h1-8,18,21H,9-14,16H2. The number of benzene rings is 2. The average molecular weight is 442 g/mol. The molecular weight excluding hydrogens is 417 g/mol. The van der Waals surface area contributed by atoms with Gasteiger partial charge in [-0.1, -0.05) is 24.3 Å². The number of carbonyl (C=O) groups excluding carboxylic acids is 1. The first-order valence-electron chi connectivity index (χ1n) is 10.4. The predicted molar refractivity (Wildman–Crippen MR) is 113 cm³/mol. The van der Waals surface area contributed by atoms with Crippen molar-refractivity contribution in [3.63, 3.8) is 0 Å². The Kier molecular flexibility index (Phi) is 6.08. The van der Waals surface area contributed by atoms with Crippen LogP contribution in [0, 0.1) is 23.1 Å². The molecule has 1 saturated heterocycles. The highest BCUT2D eigenvalue weighted by atomic mass is 32.2. The minimum Gasteiger partial charge on any atom is -0.335 e. The number of amides is 1. The van der Waals surface area contributed by atoms with Crippen molar-refractivity contribution < 1.29 is 17.6 Å². The Bertz CT molecular complexity index is 1100. The van der Waals surface area contributed by atoms with Gasteiger partial charge in [0, 0.05) is 31.6 Å². The second-order valence-electron chi connectivity index (χ2n) is 8.11. The van der Waals surface area contributed by atoms with Gasteiger partial charge in [0.25, 0.3) is 0 Å². The molecule has 1 aliphatic heterocycles. The van der Waals surface area contributed by atoms with Crippen LogP contribution in [0.2, 0.25) is 0 Å². The van der Waals surface area contributed by atoms with E-state index >= 15 is 0 Å². The van der Waals surface area contributed by atoms with E-state index in [2.05, 4.69) is 0 Å². The third kappa shape index (κ3) is 4.63. The fraction of sp³-hybridized carbons (Fsp3) is 0.391. The zero-order chi connectivity index (χ0) is 22.0. The van der Waals surface area contributed by atoms with Gasteiger partial charge in [0.2, 0.25) is 15.9 Å². The van der Waals surface area contributed by atoms with Crippen molar-refractivity contribution in [3.8, 4) is 6.07 Å². The molecule has 0 N–H and O–H groups in total. The summed E-state index contributed by atoms with van der Waals surface area (Å²) in [4.78, 5) is 15.1. The molecule has 1 amide bonds. The molecule has 2 aromatic rings. The van der Waals surface area contributed by atoms with Crippen molar-refractivity contribution in [2.75, 3.05) is 13.1 Å². The number of carbonyl (C=O) groups is 1. The van der Waals surface area contributed by atoms with Gasteiger partial charge in [-0.3, -0.25) is 4.79 Å². The van der Waals surface area contributed by atoms with E-state index in [9.17, 15) is 22.9 Å². The van der Waals surface area contributed by atoms with E-state index in [-0.39, 0.29) is 47.2 Å². The monoisotopic (exact) mass is 441 g/mol. The predicted octanol–water partition coefficient (Wildman–Crippen LogP) is 3.29. The molecule has 0 aromatic heterocycles. The molecule has 6 nitrogen and oxygen atoms in total. The summed E-state index contributed by atoms with van der Waals surface area (Å²) in [5, 5.41) is 9.25. The summed E-state index contributed by atoms with van der Waals surface area (Å²) >= 11 is 0. The van der Waals surface area contributed by atoms with Crippen LogP contribution < -0.4 is 0 Å². The molecule has 4 rings (SSSR count). The molecular formula is C23H24FN3O3S. The lowest BCUT2D eigenvalue weighted by Gasteiger charge is -2.34. The van der Waals surface area contributed by atoms with Crippen LogP contribution in [0.1, 0.15) is 36.8 Å². The SMILES string of the molecule is N#Cc1ccccc1S(=O)(=O)N1CCC(C(=O)N(Cc2ccc(F)cc2)C2CC2)CC1. The first-order chi connectivity index (χ1) is 14.9. The minimum atomic E-state index is -3.78. The number of halogens is 1. The Hall–Kier alpha value is -2.76. The van der Waals surface area contributed by atoms with E-state index < -0.39 is 10.0 Å². The number of hydrogen-bond acceptors (Lipinski definition) is 4. The molecule has 1 saturated carbocycles. The number of rotatable bonds is 6. The molecule has 0 spiro atoms. The first-order valence-corrected chi connectivity index (χ1v) is 11.9. The smallest absolute Gasteiger partial charge is 0.244 e. The van der Waals surface area contributed by atoms with Crippen molar-refractivity contribution in [2.45, 2.75) is 43.2 Å². The topological polar surface area (TPSA) is 81.5 Å². The highest BCUT2D eigenvalue weighted by Gasteiger charge is 2.39. The lowest BCUT2D eigenvalue weighted by atomic mass is 9.96. The van der Waals surface area contributed by atoms with Gasteiger partial charge in [-0.15, -0.1) is 0 Å². The molecule has 0 unspecified atom stereocenters. The van der Waals surface area contributed by atoms with Crippen LogP contribution in [-0.2, 0) is 21.4 Å². The Morgan fingerprint density at radius 1 is 1.06 bits per heavy atom. The van der Waals surface area contributed by atoms with Crippen molar-refractivity contribution in [1.29, 1.82) is 5.26 Å². The molecule has 31 heavy (non-hydrogen) atoms. The Morgan fingerprint density at radius 3 is 2.32 bits per heavy atom. The van der Waals surface area contributed by atoms with Crippen LogP contribution in [-0.4, -0.2) is 42.7 Å². The molecule has 0 radical (unpaired) electrons. The van der Waals surface area contributed by atoms with E-state index in [0.717, 1.165) is 18.4 Å². The van der Waals surface area contributed by atoms with Gasteiger partial charge in [-0.25, -0.2) is 12.8 Å². The van der Waals surface area contributed by atoms with Crippen LogP contribution in [0.3, 0.4) is 0 Å². The van der Waals surface area contributed by atoms with Gasteiger partial charge in [0.15, 0.2) is 0 Å². The third-order valence-corrected chi connectivity index (χ3v) is 7.92. The lowest BCUT2D eigenvalue weighted by molar-refractivity contribution is -0.138. The maximum absolute atomic E-state index is 13.2. The van der Waals surface area contributed by atoms with Gasteiger partial charge in [0.1, 0.15) is 11.9 Å². The van der Waals surface area contributed by atoms with Gasteiger partial charge >= 0.3 is 0 Å². The van der Waals surface area contributed by atoms with Crippen molar-refractivity contribution in [2.24, 2.45) is 5.92 Å².